The van der Waals surface area contributed by atoms with Crippen LogP contribution in [-0.4, -0.2) is 12.7 Å². The van der Waals surface area contributed by atoms with Crippen LogP contribution < -0.4 is 0 Å². The molecule has 4 atom stereocenters. The fourth-order valence-corrected chi connectivity index (χ4v) is 1.77. The van der Waals surface area contributed by atoms with Gasteiger partial charge < -0.3 is 4.74 Å². The van der Waals surface area contributed by atoms with E-state index in [1.807, 2.05) is 0 Å². The lowest BCUT2D eigenvalue weighted by Gasteiger charge is -1.81. The van der Waals surface area contributed by atoms with Crippen molar-refractivity contribution in [3.8, 4) is 0 Å². The summed E-state index contributed by atoms with van der Waals surface area (Å²) in [4.78, 5) is 0. The molecule has 0 N–H and O–H groups in total. The van der Waals surface area contributed by atoms with E-state index in [2.05, 4.69) is 0 Å². The first-order valence-electron chi connectivity index (χ1n) is 2.60. The number of rotatable bonds is 0. The summed E-state index contributed by atoms with van der Waals surface area (Å²) in [5, 5.41) is 0. The lowest BCUT2D eigenvalue weighted by atomic mass is 10.2. The van der Waals surface area contributed by atoms with Crippen LogP contribution in [0.2, 0.25) is 0 Å². The predicted molar refractivity (Wildman–Crippen MR) is 20.2 cm³/mol. The topological polar surface area (TPSA) is 9.23 Å². The van der Waals surface area contributed by atoms with Crippen LogP contribution in [0.3, 0.4) is 0 Å². The van der Waals surface area contributed by atoms with E-state index in [1.54, 1.807) is 0 Å². The fraction of sp³-hybridized carbons (Fsp3) is 1.00. The van der Waals surface area contributed by atoms with Crippen molar-refractivity contribution in [1.29, 1.82) is 0 Å². The Morgan fingerprint density at radius 1 is 1.33 bits per heavy atom. The second kappa shape index (κ2) is 0.399. The Labute approximate surface area is 36.3 Å². The Kier molecular flexibility index (Phi) is 0.154. The van der Waals surface area contributed by atoms with Gasteiger partial charge in [0.25, 0.3) is 0 Å². The summed E-state index contributed by atoms with van der Waals surface area (Å²) >= 11 is 0. The predicted octanol–water partition coefficient (Wildman–Crippen LogP) is 0.261. The molecule has 3 unspecified atom stereocenters. The van der Waals surface area contributed by atoms with Crippen LogP contribution in [0.15, 0.2) is 0 Å². The summed E-state index contributed by atoms with van der Waals surface area (Å²) in [5.74, 6) is 3.20. The fourth-order valence-electron chi connectivity index (χ4n) is 1.77. The highest BCUT2D eigenvalue weighted by Gasteiger charge is 2.79. The molecule has 2 saturated carbocycles. The van der Waals surface area contributed by atoms with Crippen molar-refractivity contribution < 1.29 is 4.74 Å². The van der Waals surface area contributed by atoms with Crippen LogP contribution in [-0.2, 0) is 4.74 Å². The Morgan fingerprint density at radius 3 is 2.33 bits per heavy atom. The molecule has 2 saturated heterocycles. The first-order valence-corrected chi connectivity index (χ1v) is 2.60. The maximum absolute atomic E-state index is 5.26. The molecule has 1 heteroatoms. The first kappa shape index (κ1) is 2.31. The third kappa shape index (κ3) is 0.0790. The number of hydrogen-bond acceptors (Lipinski definition) is 1. The van der Waals surface area contributed by atoms with E-state index in [1.165, 1.54) is 0 Å². The van der Waals surface area contributed by atoms with Gasteiger partial charge in [0, 0.05) is 0 Å². The Balaban J connectivity index is 2.21. The van der Waals surface area contributed by atoms with Crippen molar-refractivity contribution in [1.82, 2.24) is 0 Å². The van der Waals surface area contributed by atoms with Crippen LogP contribution in [0.4, 0.5) is 0 Å². The average Bonchev–Trinajstić information content (AvgIpc) is 2.30. The van der Waals surface area contributed by atoms with Gasteiger partial charge in [0.1, 0.15) is 0 Å². The maximum atomic E-state index is 5.26. The minimum Gasteiger partial charge on any atom is -0.377 e. The largest absolute Gasteiger partial charge is 0.377 e. The van der Waals surface area contributed by atoms with Gasteiger partial charge in [-0.3, -0.25) is 0 Å². The molecule has 4 fully saturated rings. The standard InChI is InChI=1S/C5H6O/c1-2-3-4(2)5(3)6-1/h2-5H,1H2/t2?,3-,4?,5?/m0/s1. The van der Waals surface area contributed by atoms with Crippen LogP contribution in [0.5, 0.6) is 0 Å². The third-order valence-electron chi connectivity index (χ3n) is 2.39. The minimum absolute atomic E-state index is 0.773. The average molecular weight is 82.1 g/mol. The number of fused-ring (bicyclic) bond motifs is 1. The molecule has 0 aromatic heterocycles. The molecule has 2 bridgehead atoms. The molecular formula is C5H6O. The quantitative estimate of drug-likeness (QED) is 0.407. The van der Waals surface area contributed by atoms with Crippen molar-refractivity contribution >= 4 is 0 Å². The summed E-state index contributed by atoms with van der Waals surface area (Å²) < 4.78 is 5.26. The van der Waals surface area contributed by atoms with Crippen LogP contribution in [0.25, 0.3) is 0 Å². The van der Waals surface area contributed by atoms with Crippen molar-refractivity contribution in [2.45, 2.75) is 6.10 Å². The molecule has 32 valence electrons. The van der Waals surface area contributed by atoms with Gasteiger partial charge in [0.05, 0.1) is 12.7 Å². The normalized spacial score (nSPS) is 80.0. The second-order valence-electron chi connectivity index (χ2n) is 2.62. The SMILES string of the molecule is C1OC2C3C1[C@H]23. The molecule has 4 rings (SSSR count). The molecule has 4 aliphatic rings. The Hall–Kier alpha value is -0.0400. The molecule has 2 aliphatic heterocycles. The van der Waals surface area contributed by atoms with Crippen molar-refractivity contribution in [2.24, 2.45) is 17.8 Å². The zero-order valence-electron chi connectivity index (χ0n) is 3.42. The monoisotopic (exact) mass is 82.0 g/mol. The summed E-state index contributed by atoms with van der Waals surface area (Å²) in [6, 6.07) is 0. The molecule has 0 amide bonds. The van der Waals surface area contributed by atoms with Gasteiger partial charge in [-0.15, -0.1) is 0 Å². The van der Waals surface area contributed by atoms with Gasteiger partial charge in [0.15, 0.2) is 0 Å². The van der Waals surface area contributed by atoms with Gasteiger partial charge in [-0.05, 0) is 17.8 Å². The van der Waals surface area contributed by atoms with Gasteiger partial charge in [-0.2, -0.15) is 0 Å². The van der Waals surface area contributed by atoms with Crippen LogP contribution >= 0.6 is 0 Å². The van der Waals surface area contributed by atoms with Crippen molar-refractivity contribution in [2.75, 3.05) is 6.61 Å². The zero-order valence-corrected chi connectivity index (χ0v) is 3.42. The molecular weight excluding hydrogens is 76.1 g/mol. The summed E-state index contributed by atoms with van der Waals surface area (Å²) in [6.45, 7) is 1.10. The van der Waals surface area contributed by atoms with E-state index in [9.17, 15) is 0 Å². The molecule has 2 aliphatic carbocycles. The summed E-state index contributed by atoms with van der Waals surface area (Å²) in [7, 11) is 0. The van der Waals surface area contributed by atoms with Gasteiger partial charge in [-0.1, -0.05) is 0 Å². The van der Waals surface area contributed by atoms with E-state index < -0.39 is 0 Å². The molecule has 6 heavy (non-hydrogen) atoms. The lowest BCUT2D eigenvalue weighted by Crippen LogP contribution is -1.87. The Bertz CT molecular complexity index is 76.5. The highest BCUT2D eigenvalue weighted by atomic mass is 16.5. The van der Waals surface area contributed by atoms with E-state index >= 15 is 0 Å². The molecule has 0 aromatic carbocycles. The highest BCUT2D eigenvalue weighted by Crippen LogP contribution is 2.74. The maximum Gasteiger partial charge on any atom is 0.0646 e. The summed E-state index contributed by atoms with van der Waals surface area (Å²) in [6.07, 6.45) is 0.773. The van der Waals surface area contributed by atoms with Crippen molar-refractivity contribution in [3.63, 3.8) is 0 Å². The van der Waals surface area contributed by atoms with Crippen molar-refractivity contribution in [3.05, 3.63) is 0 Å². The van der Waals surface area contributed by atoms with Gasteiger partial charge in [-0.25, -0.2) is 0 Å². The van der Waals surface area contributed by atoms with Crippen LogP contribution in [0, 0.1) is 17.8 Å². The number of hydrogen-bond donors (Lipinski definition) is 0. The Morgan fingerprint density at radius 2 is 2.17 bits per heavy atom. The molecule has 0 spiro atoms. The minimum atomic E-state index is 0.773. The molecule has 0 aromatic rings. The first-order chi connectivity index (χ1) is 2.98. The lowest BCUT2D eigenvalue weighted by molar-refractivity contribution is 0.177. The number of ether oxygens (including phenoxy) is 1. The van der Waals surface area contributed by atoms with Crippen LogP contribution in [0.1, 0.15) is 0 Å². The zero-order chi connectivity index (χ0) is 3.72. The van der Waals surface area contributed by atoms with E-state index in [0.29, 0.717) is 0 Å². The summed E-state index contributed by atoms with van der Waals surface area (Å²) in [5.41, 5.74) is 0. The van der Waals surface area contributed by atoms with Gasteiger partial charge in [0.2, 0.25) is 0 Å². The molecule has 0 radical (unpaired) electrons. The third-order valence-corrected chi connectivity index (χ3v) is 2.39. The van der Waals surface area contributed by atoms with E-state index in [4.69, 9.17) is 4.74 Å². The molecule has 1 nitrogen and oxygen atoms in total. The second-order valence-corrected chi connectivity index (χ2v) is 2.62. The molecule has 2 heterocycles. The van der Waals surface area contributed by atoms with Gasteiger partial charge >= 0.3 is 0 Å². The van der Waals surface area contributed by atoms with E-state index in [0.717, 1.165) is 30.5 Å². The highest BCUT2D eigenvalue weighted by molar-refractivity contribution is 5.25. The smallest absolute Gasteiger partial charge is 0.0646 e. The van der Waals surface area contributed by atoms with E-state index in [-0.39, 0.29) is 0 Å².